The van der Waals surface area contributed by atoms with E-state index >= 15 is 0 Å². The van der Waals surface area contributed by atoms with Crippen molar-refractivity contribution in [3.05, 3.63) is 61.6 Å². The van der Waals surface area contributed by atoms with Crippen molar-refractivity contribution in [2.75, 3.05) is 0 Å². The molecular formula is C13H11N3O5. The first-order valence-corrected chi connectivity index (χ1v) is 5.90. The lowest BCUT2D eigenvalue weighted by Gasteiger charge is -2.08. The van der Waals surface area contributed by atoms with Crippen LogP contribution in [0.3, 0.4) is 0 Å². The molecule has 0 aliphatic heterocycles. The summed E-state index contributed by atoms with van der Waals surface area (Å²) in [6.07, 6.45) is 1.38. The quantitative estimate of drug-likeness (QED) is 0.675. The lowest BCUT2D eigenvalue weighted by atomic mass is 10.2. The molecule has 1 aromatic carbocycles. The van der Waals surface area contributed by atoms with E-state index in [2.05, 4.69) is 5.10 Å². The molecule has 21 heavy (non-hydrogen) atoms. The molecule has 0 atom stereocenters. The van der Waals surface area contributed by atoms with Gasteiger partial charge in [0.2, 0.25) is 11.1 Å². The maximum Gasteiger partial charge on any atom is 0.360 e. The van der Waals surface area contributed by atoms with E-state index in [1.807, 2.05) is 0 Å². The Labute approximate surface area is 118 Å². The SMILES string of the molecule is Cc1cc(-n2cc(C)c(=O)c(C(=O)O)n2)ccc1[N+](=O)[O-]. The zero-order valence-electron chi connectivity index (χ0n) is 11.2. The van der Waals surface area contributed by atoms with Crippen molar-refractivity contribution >= 4 is 11.7 Å². The number of hydrogen-bond acceptors (Lipinski definition) is 5. The summed E-state index contributed by atoms with van der Waals surface area (Å²) in [6, 6.07) is 4.24. The standard InChI is InChI=1S/C13H11N3O5/c1-7-5-9(3-4-10(7)16(20)21)15-6-8(2)12(17)11(14-15)13(18)19/h3-6H,1-2H3,(H,18,19). The first-order chi connectivity index (χ1) is 9.81. The van der Waals surface area contributed by atoms with Crippen molar-refractivity contribution < 1.29 is 14.8 Å². The number of nitro benzene ring substituents is 1. The number of nitro groups is 1. The molecule has 0 radical (unpaired) electrons. The Morgan fingerprint density at radius 2 is 2.00 bits per heavy atom. The van der Waals surface area contributed by atoms with E-state index in [-0.39, 0.29) is 11.3 Å². The molecule has 0 saturated carbocycles. The lowest BCUT2D eigenvalue weighted by molar-refractivity contribution is -0.385. The minimum Gasteiger partial charge on any atom is -0.476 e. The number of aromatic carboxylic acids is 1. The van der Waals surface area contributed by atoms with Gasteiger partial charge in [-0.3, -0.25) is 14.9 Å². The smallest absolute Gasteiger partial charge is 0.360 e. The van der Waals surface area contributed by atoms with Crippen LogP contribution >= 0.6 is 0 Å². The van der Waals surface area contributed by atoms with Crippen LogP contribution < -0.4 is 5.43 Å². The molecule has 1 aromatic heterocycles. The lowest BCUT2D eigenvalue weighted by Crippen LogP contribution is -2.23. The Morgan fingerprint density at radius 1 is 1.33 bits per heavy atom. The molecule has 2 rings (SSSR count). The molecule has 0 saturated heterocycles. The fraction of sp³-hybridized carbons (Fsp3) is 0.154. The zero-order valence-corrected chi connectivity index (χ0v) is 11.2. The summed E-state index contributed by atoms with van der Waals surface area (Å²) in [7, 11) is 0. The average Bonchev–Trinajstić information content (AvgIpc) is 2.40. The topological polar surface area (TPSA) is 115 Å². The summed E-state index contributed by atoms with van der Waals surface area (Å²) in [4.78, 5) is 32.9. The van der Waals surface area contributed by atoms with Gasteiger partial charge in [0.1, 0.15) is 0 Å². The second kappa shape index (κ2) is 5.16. The van der Waals surface area contributed by atoms with Gasteiger partial charge in [0.05, 0.1) is 10.6 Å². The van der Waals surface area contributed by atoms with Crippen LogP contribution in [0.15, 0.2) is 29.2 Å². The van der Waals surface area contributed by atoms with Gasteiger partial charge < -0.3 is 5.11 Å². The molecule has 0 fully saturated rings. The van der Waals surface area contributed by atoms with Crippen molar-refractivity contribution in [1.82, 2.24) is 9.78 Å². The monoisotopic (exact) mass is 289 g/mol. The van der Waals surface area contributed by atoms with Crippen LogP contribution in [0.4, 0.5) is 5.69 Å². The van der Waals surface area contributed by atoms with Crippen LogP contribution in [0.2, 0.25) is 0 Å². The molecule has 8 nitrogen and oxygen atoms in total. The van der Waals surface area contributed by atoms with Gasteiger partial charge in [0.25, 0.3) is 5.69 Å². The van der Waals surface area contributed by atoms with Gasteiger partial charge in [-0.25, -0.2) is 9.48 Å². The molecule has 0 unspecified atom stereocenters. The molecule has 0 aliphatic rings. The predicted molar refractivity (Wildman–Crippen MR) is 72.9 cm³/mol. The highest BCUT2D eigenvalue weighted by atomic mass is 16.6. The Balaban J connectivity index is 2.62. The minimum atomic E-state index is -1.42. The Kier molecular flexibility index (Phi) is 3.53. The minimum absolute atomic E-state index is 0.0463. The van der Waals surface area contributed by atoms with Crippen molar-refractivity contribution in [3.8, 4) is 5.69 Å². The molecule has 1 N–H and O–H groups in total. The summed E-state index contributed by atoms with van der Waals surface area (Å²) >= 11 is 0. The van der Waals surface area contributed by atoms with Crippen molar-refractivity contribution in [3.63, 3.8) is 0 Å². The van der Waals surface area contributed by atoms with E-state index in [0.717, 1.165) is 0 Å². The van der Waals surface area contributed by atoms with E-state index in [9.17, 15) is 19.7 Å². The second-order valence-corrected chi connectivity index (χ2v) is 4.47. The van der Waals surface area contributed by atoms with Crippen LogP contribution in [0.5, 0.6) is 0 Å². The number of aromatic nitrogens is 2. The van der Waals surface area contributed by atoms with Gasteiger partial charge in [-0.15, -0.1) is 0 Å². The third-order valence-electron chi connectivity index (χ3n) is 2.94. The first-order valence-electron chi connectivity index (χ1n) is 5.90. The molecule has 0 aliphatic carbocycles. The molecule has 2 aromatic rings. The van der Waals surface area contributed by atoms with Crippen LogP contribution in [-0.2, 0) is 0 Å². The number of carbonyl (C=O) groups is 1. The third kappa shape index (κ3) is 2.64. The van der Waals surface area contributed by atoms with Gasteiger partial charge >= 0.3 is 5.97 Å². The van der Waals surface area contributed by atoms with Gasteiger partial charge in [0.15, 0.2) is 0 Å². The van der Waals surface area contributed by atoms with Crippen LogP contribution in [0, 0.1) is 24.0 Å². The molecule has 108 valence electrons. The molecule has 1 heterocycles. The van der Waals surface area contributed by atoms with Gasteiger partial charge in [-0.1, -0.05) is 0 Å². The summed E-state index contributed by atoms with van der Waals surface area (Å²) in [5.41, 5.74) is -0.229. The Hall–Kier alpha value is -3.03. The fourth-order valence-corrected chi connectivity index (χ4v) is 1.87. The number of nitrogens with zero attached hydrogens (tertiary/aromatic N) is 3. The molecule has 0 bridgehead atoms. The first kappa shape index (κ1) is 14.4. The summed E-state index contributed by atoms with van der Waals surface area (Å²) in [5.74, 6) is -1.42. The summed E-state index contributed by atoms with van der Waals surface area (Å²) in [6.45, 7) is 3.04. The highest BCUT2D eigenvalue weighted by molar-refractivity contribution is 5.85. The van der Waals surface area contributed by atoms with Crippen LogP contribution in [-0.4, -0.2) is 25.8 Å². The Bertz CT molecular complexity index is 810. The average molecular weight is 289 g/mol. The van der Waals surface area contributed by atoms with Gasteiger partial charge in [-0.2, -0.15) is 5.10 Å². The number of aryl methyl sites for hydroxylation is 2. The highest BCUT2D eigenvalue weighted by Gasteiger charge is 2.16. The molecular weight excluding hydrogens is 278 g/mol. The van der Waals surface area contributed by atoms with E-state index in [0.29, 0.717) is 11.3 Å². The second-order valence-electron chi connectivity index (χ2n) is 4.47. The molecule has 0 amide bonds. The third-order valence-corrected chi connectivity index (χ3v) is 2.94. The number of carboxylic acid groups (broad SMARTS) is 1. The number of hydrogen-bond donors (Lipinski definition) is 1. The fourth-order valence-electron chi connectivity index (χ4n) is 1.87. The van der Waals surface area contributed by atoms with Crippen LogP contribution in [0.1, 0.15) is 21.6 Å². The van der Waals surface area contributed by atoms with Gasteiger partial charge in [0, 0.05) is 23.4 Å². The normalized spacial score (nSPS) is 10.4. The van der Waals surface area contributed by atoms with E-state index in [1.165, 1.54) is 36.0 Å². The maximum atomic E-state index is 11.7. The molecule has 0 spiro atoms. The number of benzene rings is 1. The number of carboxylic acids is 1. The van der Waals surface area contributed by atoms with E-state index < -0.39 is 22.0 Å². The zero-order chi connectivity index (χ0) is 15.7. The van der Waals surface area contributed by atoms with Crippen LogP contribution in [0.25, 0.3) is 5.69 Å². The summed E-state index contributed by atoms with van der Waals surface area (Å²) in [5, 5.41) is 23.5. The van der Waals surface area contributed by atoms with Crippen molar-refractivity contribution in [1.29, 1.82) is 0 Å². The van der Waals surface area contributed by atoms with Crippen molar-refractivity contribution in [2.24, 2.45) is 0 Å². The number of rotatable bonds is 3. The van der Waals surface area contributed by atoms with E-state index in [1.54, 1.807) is 6.92 Å². The van der Waals surface area contributed by atoms with E-state index in [4.69, 9.17) is 5.11 Å². The largest absolute Gasteiger partial charge is 0.476 e. The maximum absolute atomic E-state index is 11.7. The molecule has 8 heteroatoms. The predicted octanol–water partition coefficient (Wildman–Crippen LogP) is 1.46. The highest BCUT2D eigenvalue weighted by Crippen LogP contribution is 2.20. The van der Waals surface area contributed by atoms with Crippen molar-refractivity contribution in [2.45, 2.75) is 13.8 Å². The van der Waals surface area contributed by atoms with Gasteiger partial charge in [-0.05, 0) is 26.0 Å². The Morgan fingerprint density at radius 3 is 2.52 bits per heavy atom. The summed E-state index contributed by atoms with van der Waals surface area (Å²) < 4.78 is 1.22.